The van der Waals surface area contributed by atoms with Gasteiger partial charge in [-0.15, -0.1) is 0 Å². The van der Waals surface area contributed by atoms with Crippen molar-refractivity contribution in [3.05, 3.63) is 18.0 Å². The summed E-state index contributed by atoms with van der Waals surface area (Å²) < 4.78 is 1.89. The molecule has 0 amide bonds. The molecular weight excluding hydrogens is 214 g/mol. The predicted molar refractivity (Wildman–Crippen MR) is 66.9 cm³/mol. The summed E-state index contributed by atoms with van der Waals surface area (Å²) in [4.78, 5) is 11.7. The van der Waals surface area contributed by atoms with E-state index in [1.165, 1.54) is 12.8 Å². The molecule has 2 rings (SSSR count). The lowest BCUT2D eigenvalue weighted by Gasteiger charge is -2.04. The Hall–Kier alpha value is -1.16. The third-order valence-electron chi connectivity index (χ3n) is 3.02. The van der Waals surface area contributed by atoms with Crippen LogP contribution in [-0.4, -0.2) is 28.7 Å². The first-order chi connectivity index (χ1) is 8.15. The molecule has 1 saturated carbocycles. The number of carbonyl (C=O) groups is 1. The van der Waals surface area contributed by atoms with Crippen LogP contribution in [0, 0.1) is 5.92 Å². The lowest BCUT2D eigenvalue weighted by Crippen LogP contribution is -2.26. The van der Waals surface area contributed by atoms with Crippen LogP contribution in [-0.2, 0) is 11.2 Å². The van der Waals surface area contributed by atoms with Crippen molar-refractivity contribution in [1.82, 2.24) is 15.1 Å². The fourth-order valence-electron chi connectivity index (χ4n) is 1.76. The first-order valence-corrected chi connectivity index (χ1v) is 6.41. The van der Waals surface area contributed by atoms with E-state index in [1.54, 1.807) is 0 Å². The van der Waals surface area contributed by atoms with E-state index in [9.17, 15) is 4.79 Å². The number of hydrogen-bond donors (Lipinski definition) is 1. The Bertz CT molecular complexity index is 380. The summed E-state index contributed by atoms with van der Waals surface area (Å²) in [7, 11) is 0. The summed E-state index contributed by atoms with van der Waals surface area (Å²) in [5, 5.41) is 7.59. The van der Waals surface area contributed by atoms with Crippen molar-refractivity contribution in [2.75, 3.05) is 13.1 Å². The zero-order valence-electron chi connectivity index (χ0n) is 10.6. The summed E-state index contributed by atoms with van der Waals surface area (Å²) >= 11 is 0. The van der Waals surface area contributed by atoms with Gasteiger partial charge < -0.3 is 5.32 Å². The van der Waals surface area contributed by atoms with Crippen LogP contribution in [0.3, 0.4) is 0 Å². The van der Waals surface area contributed by atoms with Gasteiger partial charge in [0.15, 0.2) is 5.78 Å². The van der Waals surface area contributed by atoms with E-state index in [2.05, 4.69) is 24.3 Å². The van der Waals surface area contributed by atoms with Crippen LogP contribution in [0.4, 0.5) is 0 Å². The maximum Gasteiger partial charge on any atom is 0.152 e. The third-order valence-corrected chi connectivity index (χ3v) is 3.02. The minimum Gasteiger partial charge on any atom is -0.310 e. The van der Waals surface area contributed by atoms with Gasteiger partial charge in [0.25, 0.3) is 0 Å². The van der Waals surface area contributed by atoms with Gasteiger partial charge in [-0.2, -0.15) is 5.10 Å². The SMILES string of the molecule is CC(C)n1ccc(CC(=O)CNCC2CC2)n1. The predicted octanol–water partition coefficient (Wildman–Crippen LogP) is 1.58. The van der Waals surface area contributed by atoms with Crippen molar-refractivity contribution < 1.29 is 4.79 Å². The quantitative estimate of drug-likeness (QED) is 0.780. The Morgan fingerprint density at radius 3 is 2.94 bits per heavy atom. The molecular formula is C13H21N3O. The van der Waals surface area contributed by atoms with Gasteiger partial charge in [0.05, 0.1) is 18.7 Å². The number of nitrogens with zero attached hydrogens (tertiary/aromatic N) is 2. The first-order valence-electron chi connectivity index (χ1n) is 6.41. The average molecular weight is 235 g/mol. The minimum absolute atomic E-state index is 0.222. The lowest BCUT2D eigenvalue weighted by molar-refractivity contribution is -0.117. The Labute approximate surface area is 102 Å². The summed E-state index contributed by atoms with van der Waals surface area (Å²) in [6.07, 6.45) is 5.02. The molecule has 0 aromatic carbocycles. The normalized spacial score (nSPS) is 15.5. The number of aromatic nitrogens is 2. The fraction of sp³-hybridized carbons (Fsp3) is 0.692. The van der Waals surface area contributed by atoms with Crippen LogP contribution < -0.4 is 5.32 Å². The van der Waals surface area contributed by atoms with Gasteiger partial charge >= 0.3 is 0 Å². The molecule has 1 N–H and O–H groups in total. The van der Waals surface area contributed by atoms with Crippen LogP contribution in [0.2, 0.25) is 0 Å². The van der Waals surface area contributed by atoms with Crippen molar-refractivity contribution in [2.24, 2.45) is 5.92 Å². The molecule has 1 aromatic rings. The Morgan fingerprint density at radius 2 is 2.35 bits per heavy atom. The standard InChI is InChI=1S/C13H21N3O/c1-10(2)16-6-5-12(15-16)7-13(17)9-14-8-11-3-4-11/h5-6,10-11,14H,3-4,7-9H2,1-2H3. The first kappa shape index (κ1) is 12.3. The van der Waals surface area contributed by atoms with Crippen molar-refractivity contribution >= 4 is 5.78 Å². The Kier molecular flexibility index (Phi) is 3.94. The molecule has 1 aliphatic rings. The van der Waals surface area contributed by atoms with Gasteiger partial charge in [0.1, 0.15) is 0 Å². The fourth-order valence-corrected chi connectivity index (χ4v) is 1.76. The average Bonchev–Trinajstić information content (AvgIpc) is 2.96. The van der Waals surface area contributed by atoms with E-state index in [4.69, 9.17) is 0 Å². The molecule has 1 fully saturated rings. The molecule has 0 spiro atoms. The monoisotopic (exact) mass is 235 g/mol. The van der Waals surface area contributed by atoms with E-state index in [-0.39, 0.29) is 5.78 Å². The molecule has 1 aromatic heterocycles. The number of nitrogens with one attached hydrogen (secondary N) is 1. The highest BCUT2D eigenvalue weighted by molar-refractivity contribution is 5.82. The summed E-state index contributed by atoms with van der Waals surface area (Å²) in [6.45, 7) is 5.63. The molecule has 1 aliphatic carbocycles. The Morgan fingerprint density at radius 1 is 1.59 bits per heavy atom. The van der Waals surface area contributed by atoms with Crippen molar-refractivity contribution in [2.45, 2.75) is 39.2 Å². The minimum atomic E-state index is 0.222. The maximum atomic E-state index is 11.7. The molecule has 0 bridgehead atoms. The highest BCUT2D eigenvalue weighted by Gasteiger charge is 2.20. The molecule has 4 nitrogen and oxygen atoms in total. The van der Waals surface area contributed by atoms with Crippen molar-refractivity contribution in [3.8, 4) is 0 Å². The summed E-state index contributed by atoms with van der Waals surface area (Å²) in [6, 6.07) is 2.28. The van der Waals surface area contributed by atoms with Crippen LogP contribution in [0.25, 0.3) is 0 Å². The number of carbonyl (C=O) groups excluding carboxylic acids is 1. The van der Waals surface area contributed by atoms with Crippen LogP contribution in [0.5, 0.6) is 0 Å². The molecule has 0 unspecified atom stereocenters. The van der Waals surface area contributed by atoms with E-state index in [0.717, 1.165) is 18.2 Å². The van der Waals surface area contributed by atoms with Crippen molar-refractivity contribution in [3.63, 3.8) is 0 Å². The lowest BCUT2D eigenvalue weighted by atomic mass is 10.2. The van der Waals surface area contributed by atoms with Gasteiger partial charge in [0.2, 0.25) is 0 Å². The van der Waals surface area contributed by atoms with Crippen LogP contribution >= 0.6 is 0 Å². The second-order valence-corrected chi connectivity index (χ2v) is 5.17. The van der Waals surface area contributed by atoms with E-state index < -0.39 is 0 Å². The number of ketones is 1. The second-order valence-electron chi connectivity index (χ2n) is 5.17. The molecule has 0 radical (unpaired) electrons. The zero-order chi connectivity index (χ0) is 12.3. The van der Waals surface area contributed by atoms with Gasteiger partial charge in [-0.25, -0.2) is 0 Å². The second kappa shape index (κ2) is 5.45. The molecule has 17 heavy (non-hydrogen) atoms. The van der Waals surface area contributed by atoms with Gasteiger partial charge in [-0.3, -0.25) is 9.48 Å². The third kappa shape index (κ3) is 3.97. The molecule has 1 heterocycles. The van der Waals surface area contributed by atoms with Gasteiger partial charge in [-0.05, 0) is 45.2 Å². The number of hydrogen-bond acceptors (Lipinski definition) is 3. The molecule has 94 valence electrons. The van der Waals surface area contributed by atoms with E-state index in [1.807, 2.05) is 16.9 Å². The summed E-state index contributed by atoms with van der Waals surface area (Å²) in [5.41, 5.74) is 0.872. The van der Waals surface area contributed by atoms with Crippen LogP contribution in [0.15, 0.2) is 12.3 Å². The topological polar surface area (TPSA) is 46.9 Å². The zero-order valence-corrected chi connectivity index (χ0v) is 10.6. The molecule has 0 saturated heterocycles. The highest BCUT2D eigenvalue weighted by Crippen LogP contribution is 2.27. The van der Waals surface area contributed by atoms with E-state index >= 15 is 0 Å². The number of rotatable bonds is 7. The van der Waals surface area contributed by atoms with E-state index in [0.29, 0.717) is 19.0 Å². The molecule has 0 atom stereocenters. The largest absolute Gasteiger partial charge is 0.310 e. The van der Waals surface area contributed by atoms with Crippen LogP contribution in [0.1, 0.15) is 38.4 Å². The summed E-state index contributed by atoms with van der Waals surface area (Å²) in [5.74, 6) is 1.04. The maximum absolute atomic E-state index is 11.7. The Balaban J connectivity index is 1.72. The number of Topliss-reactive ketones (excluding diaryl/α,β-unsaturated/α-hetero) is 1. The smallest absolute Gasteiger partial charge is 0.152 e. The van der Waals surface area contributed by atoms with Gasteiger partial charge in [-0.1, -0.05) is 0 Å². The van der Waals surface area contributed by atoms with Gasteiger partial charge in [0, 0.05) is 12.2 Å². The molecule has 0 aliphatic heterocycles. The van der Waals surface area contributed by atoms with Crippen molar-refractivity contribution in [1.29, 1.82) is 0 Å². The highest BCUT2D eigenvalue weighted by atomic mass is 16.1. The molecule has 4 heteroatoms.